The number of fused-ring (bicyclic) bond motifs is 1. The Morgan fingerprint density at radius 1 is 1.00 bits per heavy atom. The summed E-state index contributed by atoms with van der Waals surface area (Å²) in [6, 6.07) is 10.2. The molecule has 1 aliphatic heterocycles. The molecule has 28 heavy (non-hydrogen) atoms. The highest BCUT2D eigenvalue weighted by Gasteiger charge is 2.29. The molecule has 1 aromatic carbocycles. The molecule has 0 amide bonds. The predicted molar refractivity (Wildman–Crippen MR) is 128 cm³/mol. The van der Waals surface area contributed by atoms with E-state index in [1.807, 2.05) is 41.5 Å². The van der Waals surface area contributed by atoms with Gasteiger partial charge in [-0.2, -0.15) is 0 Å². The lowest BCUT2D eigenvalue weighted by atomic mass is 10.1. The lowest BCUT2D eigenvalue weighted by Gasteiger charge is -2.34. The van der Waals surface area contributed by atoms with Gasteiger partial charge in [-0.25, -0.2) is 0 Å². The lowest BCUT2D eigenvalue weighted by Crippen LogP contribution is -2.43. The molecule has 3 rings (SSSR count). The van der Waals surface area contributed by atoms with Crippen molar-refractivity contribution in [3.8, 4) is 0 Å². The van der Waals surface area contributed by atoms with Gasteiger partial charge in [0.1, 0.15) is 0 Å². The summed E-state index contributed by atoms with van der Waals surface area (Å²) in [6.07, 6.45) is 11.7. The zero-order valence-electron chi connectivity index (χ0n) is 19.9. The molecule has 1 fully saturated rings. The molecule has 160 valence electrons. The number of allylic oxidation sites excluding steroid dienone is 3. The monoisotopic (exact) mass is 386 g/mol. The van der Waals surface area contributed by atoms with E-state index in [4.69, 9.17) is 0 Å². The van der Waals surface area contributed by atoms with E-state index in [-0.39, 0.29) is 0 Å². The van der Waals surface area contributed by atoms with Gasteiger partial charge in [-0.3, -0.25) is 0 Å². The van der Waals surface area contributed by atoms with E-state index in [2.05, 4.69) is 66.6 Å². The van der Waals surface area contributed by atoms with Crippen LogP contribution in [0.5, 0.6) is 0 Å². The van der Waals surface area contributed by atoms with Gasteiger partial charge >= 0.3 is 0 Å². The topological polar surface area (TPSA) is 15.3 Å². The van der Waals surface area contributed by atoms with Crippen molar-refractivity contribution in [3.63, 3.8) is 0 Å². The molecule has 2 heteroatoms. The minimum absolute atomic E-state index is 0.599. The lowest BCUT2D eigenvalue weighted by molar-refractivity contribution is 0.243. The van der Waals surface area contributed by atoms with Gasteiger partial charge in [0, 0.05) is 24.3 Å². The summed E-state index contributed by atoms with van der Waals surface area (Å²) >= 11 is 0. The molecule has 1 heterocycles. The van der Waals surface area contributed by atoms with Crippen LogP contribution in [-0.2, 0) is 12.8 Å². The molecule has 1 aliphatic carbocycles. The highest BCUT2D eigenvalue weighted by molar-refractivity contribution is 5.34. The number of nitrogens with zero attached hydrogens (tertiary/aromatic N) is 1. The van der Waals surface area contributed by atoms with E-state index in [0.29, 0.717) is 12.1 Å². The normalized spacial score (nSPS) is 18.3. The number of rotatable bonds is 5. The summed E-state index contributed by atoms with van der Waals surface area (Å²) in [5.74, 6) is 0. The van der Waals surface area contributed by atoms with Crippen LogP contribution < -0.4 is 5.32 Å². The van der Waals surface area contributed by atoms with Crippen LogP contribution in [0.1, 0.15) is 79.4 Å². The third-order valence-corrected chi connectivity index (χ3v) is 5.01. The summed E-state index contributed by atoms with van der Waals surface area (Å²) in [6.45, 7) is 18.6. The van der Waals surface area contributed by atoms with Crippen molar-refractivity contribution in [2.24, 2.45) is 0 Å². The van der Waals surface area contributed by atoms with Gasteiger partial charge in [-0.05, 0) is 63.3 Å². The fourth-order valence-electron chi connectivity index (χ4n) is 3.90. The van der Waals surface area contributed by atoms with E-state index in [1.54, 1.807) is 0 Å². The van der Waals surface area contributed by atoms with Crippen molar-refractivity contribution < 1.29 is 0 Å². The Kier molecular flexibility index (Phi) is 15.5. The first-order chi connectivity index (χ1) is 13.8. The van der Waals surface area contributed by atoms with E-state index in [1.165, 1.54) is 49.1 Å². The third kappa shape index (κ3) is 7.83. The summed E-state index contributed by atoms with van der Waals surface area (Å²) < 4.78 is 0. The molecule has 1 N–H and O–H groups in total. The fraction of sp³-hybridized carbons (Fsp3) is 0.615. The molecule has 2 nitrogen and oxygen atoms in total. The smallest absolute Gasteiger partial charge is 0.0371 e. The molecule has 0 radical (unpaired) electrons. The maximum Gasteiger partial charge on any atom is 0.0371 e. The molecule has 2 aliphatic rings. The van der Waals surface area contributed by atoms with Crippen LogP contribution in [0.4, 0.5) is 0 Å². The number of benzene rings is 1. The molecule has 1 unspecified atom stereocenters. The van der Waals surface area contributed by atoms with Crippen LogP contribution in [0, 0.1) is 0 Å². The molecule has 0 spiro atoms. The molecule has 1 aromatic rings. The molecule has 1 saturated heterocycles. The van der Waals surface area contributed by atoms with Gasteiger partial charge in [0.15, 0.2) is 0 Å². The van der Waals surface area contributed by atoms with E-state index >= 15 is 0 Å². The Hall–Kier alpha value is -1.54. The summed E-state index contributed by atoms with van der Waals surface area (Å²) in [7, 11) is 0. The van der Waals surface area contributed by atoms with E-state index in [9.17, 15) is 0 Å². The zero-order chi connectivity index (χ0) is 21.4. The molecule has 1 atom stereocenters. The largest absolute Gasteiger partial charge is 0.367 e. The van der Waals surface area contributed by atoms with Crippen LogP contribution in [0.3, 0.4) is 0 Å². The quantitative estimate of drug-likeness (QED) is 0.562. The number of hydrogen-bond donors (Lipinski definition) is 1. The Morgan fingerprint density at radius 3 is 2.00 bits per heavy atom. The molecule has 0 bridgehead atoms. The second-order valence-corrected chi connectivity index (χ2v) is 6.49. The Labute approximate surface area is 176 Å². The van der Waals surface area contributed by atoms with Gasteiger partial charge in [0.2, 0.25) is 0 Å². The van der Waals surface area contributed by atoms with Crippen molar-refractivity contribution in [1.82, 2.24) is 10.2 Å². The maximum atomic E-state index is 3.66. The van der Waals surface area contributed by atoms with Crippen LogP contribution in [-0.4, -0.2) is 30.1 Å². The van der Waals surface area contributed by atoms with Crippen LogP contribution in [0.2, 0.25) is 0 Å². The van der Waals surface area contributed by atoms with Crippen molar-refractivity contribution in [2.45, 2.75) is 93.2 Å². The van der Waals surface area contributed by atoms with E-state index in [0.717, 1.165) is 6.54 Å². The van der Waals surface area contributed by atoms with Gasteiger partial charge in [0.25, 0.3) is 0 Å². The Morgan fingerprint density at radius 2 is 1.57 bits per heavy atom. The SMILES string of the molecule is C/C=C\C(=C/C)N(CC1CCCN1)C1Cc2ccccc2C1.CC.CC.CC. The third-order valence-electron chi connectivity index (χ3n) is 5.01. The van der Waals surface area contributed by atoms with E-state index < -0.39 is 0 Å². The second-order valence-electron chi connectivity index (χ2n) is 6.49. The average Bonchev–Trinajstić information content (AvgIpc) is 3.44. The highest BCUT2D eigenvalue weighted by atomic mass is 15.2. The van der Waals surface area contributed by atoms with Crippen LogP contribution >= 0.6 is 0 Å². The molecule has 0 aromatic heterocycles. The van der Waals surface area contributed by atoms with Crippen molar-refractivity contribution in [1.29, 1.82) is 0 Å². The number of nitrogens with one attached hydrogen (secondary N) is 1. The standard InChI is InChI=1S/C20H28N2.3C2H6/c1-3-8-19(4-2)22(15-18-11-7-12-21-18)20-13-16-9-5-6-10-17(16)14-20;3*1-2/h3-6,8-10,18,20-21H,7,11-15H2,1-2H3;3*1-2H3/b8-3-,19-4+;;;. The van der Waals surface area contributed by atoms with Gasteiger partial charge < -0.3 is 10.2 Å². The van der Waals surface area contributed by atoms with Crippen molar-refractivity contribution in [3.05, 3.63) is 59.3 Å². The molecule has 0 saturated carbocycles. The molecular weight excluding hydrogens is 340 g/mol. The van der Waals surface area contributed by atoms with Gasteiger partial charge in [-0.15, -0.1) is 0 Å². The number of hydrogen-bond acceptors (Lipinski definition) is 2. The summed E-state index contributed by atoms with van der Waals surface area (Å²) in [5, 5.41) is 3.66. The summed E-state index contributed by atoms with van der Waals surface area (Å²) in [4.78, 5) is 2.64. The summed E-state index contributed by atoms with van der Waals surface area (Å²) in [5.41, 5.74) is 4.44. The maximum absolute atomic E-state index is 3.66. The van der Waals surface area contributed by atoms with Crippen molar-refractivity contribution >= 4 is 0 Å². The fourth-order valence-corrected chi connectivity index (χ4v) is 3.90. The second kappa shape index (κ2) is 16.4. The van der Waals surface area contributed by atoms with Crippen LogP contribution in [0.15, 0.2) is 48.2 Å². The van der Waals surface area contributed by atoms with Gasteiger partial charge in [-0.1, -0.05) is 78.0 Å². The first-order valence-corrected chi connectivity index (χ1v) is 11.7. The first kappa shape index (κ1) is 26.5. The molecular formula is C26H46N2. The zero-order valence-corrected chi connectivity index (χ0v) is 19.9. The predicted octanol–water partition coefficient (Wildman–Crippen LogP) is 6.77. The average molecular weight is 387 g/mol. The van der Waals surface area contributed by atoms with Crippen molar-refractivity contribution in [2.75, 3.05) is 13.1 Å². The van der Waals surface area contributed by atoms with Gasteiger partial charge in [0.05, 0.1) is 0 Å². The minimum Gasteiger partial charge on any atom is -0.367 e. The minimum atomic E-state index is 0.599. The van der Waals surface area contributed by atoms with Crippen LogP contribution in [0.25, 0.3) is 0 Å². The Balaban J connectivity index is 0.00000111. The first-order valence-electron chi connectivity index (χ1n) is 11.7. The highest BCUT2D eigenvalue weighted by Crippen LogP contribution is 2.28. The Bertz CT molecular complexity index is 528.